The number of hydrogen-bond donors (Lipinski definition) is 1. The van der Waals surface area contributed by atoms with Gasteiger partial charge in [-0.3, -0.25) is 4.98 Å². The van der Waals surface area contributed by atoms with Gasteiger partial charge >= 0.3 is 0 Å². The highest BCUT2D eigenvalue weighted by molar-refractivity contribution is 5.68. The van der Waals surface area contributed by atoms with E-state index in [-0.39, 0.29) is 0 Å². The summed E-state index contributed by atoms with van der Waals surface area (Å²) in [5, 5.41) is 3.52. The monoisotopic (exact) mass is 238 g/mol. The van der Waals surface area contributed by atoms with Crippen LogP contribution in [0, 0.1) is 0 Å². The van der Waals surface area contributed by atoms with Crippen LogP contribution in [0.2, 0.25) is 0 Å². The first kappa shape index (κ1) is 11.4. The fourth-order valence-electron chi connectivity index (χ4n) is 2.67. The summed E-state index contributed by atoms with van der Waals surface area (Å²) in [6, 6.07) is 6.57. The van der Waals surface area contributed by atoms with E-state index in [0.717, 1.165) is 25.1 Å². The lowest BCUT2D eigenvalue weighted by Gasteiger charge is -2.25. The van der Waals surface area contributed by atoms with Crippen molar-refractivity contribution in [1.82, 2.24) is 10.3 Å². The van der Waals surface area contributed by atoms with Crippen molar-refractivity contribution in [2.24, 2.45) is 0 Å². The highest BCUT2D eigenvalue weighted by Crippen LogP contribution is 2.29. The van der Waals surface area contributed by atoms with Gasteiger partial charge in [0.05, 0.1) is 5.69 Å². The van der Waals surface area contributed by atoms with Crippen LogP contribution in [0.15, 0.2) is 53.8 Å². The zero-order valence-corrected chi connectivity index (χ0v) is 10.7. The Hall–Kier alpha value is -1.67. The summed E-state index contributed by atoms with van der Waals surface area (Å²) in [5.41, 5.74) is 5.33. The molecule has 1 aromatic rings. The van der Waals surface area contributed by atoms with Crippen molar-refractivity contribution < 1.29 is 0 Å². The van der Waals surface area contributed by atoms with Crippen molar-refractivity contribution in [3.05, 3.63) is 59.5 Å². The summed E-state index contributed by atoms with van der Waals surface area (Å²) >= 11 is 0. The molecule has 0 saturated carbocycles. The zero-order valence-electron chi connectivity index (χ0n) is 10.7. The lowest BCUT2D eigenvalue weighted by Crippen LogP contribution is -2.34. The SMILES string of the molecule is CC1NCCC2=CC=C(c3ccccn3)CC=C21. The average molecular weight is 238 g/mol. The lowest BCUT2D eigenvalue weighted by atomic mass is 9.92. The number of nitrogens with one attached hydrogen (secondary N) is 1. The van der Waals surface area contributed by atoms with Gasteiger partial charge in [-0.2, -0.15) is 0 Å². The Kier molecular flexibility index (Phi) is 3.11. The van der Waals surface area contributed by atoms with Crippen LogP contribution in [0.4, 0.5) is 0 Å². The van der Waals surface area contributed by atoms with Crippen LogP contribution in [0.3, 0.4) is 0 Å². The molecule has 1 N–H and O–H groups in total. The van der Waals surface area contributed by atoms with Crippen molar-refractivity contribution >= 4 is 5.57 Å². The predicted molar refractivity (Wildman–Crippen MR) is 75.1 cm³/mol. The number of hydrogen-bond acceptors (Lipinski definition) is 2. The third-order valence-electron chi connectivity index (χ3n) is 3.70. The minimum Gasteiger partial charge on any atom is -0.310 e. The smallest absolute Gasteiger partial charge is 0.0664 e. The molecule has 18 heavy (non-hydrogen) atoms. The number of nitrogens with zero attached hydrogens (tertiary/aromatic N) is 1. The van der Waals surface area contributed by atoms with Gasteiger partial charge in [-0.1, -0.05) is 24.3 Å². The Balaban J connectivity index is 1.94. The molecule has 1 aromatic heterocycles. The van der Waals surface area contributed by atoms with E-state index in [1.807, 2.05) is 18.3 Å². The normalized spacial score (nSPS) is 23.4. The molecule has 92 valence electrons. The molecule has 2 aliphatic rings. The second kappa shape index (κ2) is 4.91. The van der Waals surface area contributed by atoms with E-state index in [1.165, 1.54) is 16.7 Å². The van der Waals surface area contributed by atoms with Crippen LogP contribution in [0.5, 0.6) is 0 Å². The molecule has 0 radical (unpaired) electrons. The first-order valence-corrected chi connectivity index (χ1v) is 6.59. The maximum Gasteiger partial charge on any atom is 0.0664 e. The van der Waals surface area contributed by atoms with Crippen molar-refractivity contribution in [1.29, 1.82) is 0 Å². The summed E-state index contributed by atoms with van der Waals surface area (Å²) in [4.78, 5) is 4.44. The maximum absolute atomic E-state index is 4.44. The van der Waals surface area contributed by atoms with Crippen molar-refractivity contribution in [2.45, 2.75) is 25.8 Å². The molecular weight excluding hydrogens is 220 g/mol. The highest BCUT2D eigenvalue weighted by Gasteiger charge is 2.19. The number of pyridine rings is 1. The van der Waals surface area contributed by atoms with Gasteiger partial charge in [-0.25, -0.2) is 0 Å². The molecule has 0 spiro atoms. The number of fused-ring (bicyclic) bond motifs is 1. The van der Waals surface area contributed by atoms with Gasteiger partial charge in [0.15, 0.2) is 0 Å². The predicted octanol–water partition coefficient (Wildman–Crippen LogP) is 3.10. The van der Waals surface area contributed by atoms with E-state index in [9.17, 15) is 0 Å². The second-order valence-electron chi connectivity index (χ2n) is 4.89. The summed E-state index contributed by atoms with van der Waals surface area (Å²) in [5.74, 6) is 0. The van der Waals surface area contributed by atoms with E-state index >= 15 is 0 Å². The van der Waals surface area contributed by atoms with Crippen LogP contribution >= 0.6 is 0 Å². The van der Waals surface area contributed by atoms with Crippen LogP contribution in [0.1, 0.15) is 25.5 Å². The van der Waals surface area contributed by atoms with Crippen molar-refractivity contribution in [3.8, 4) is 0 Å². The Morgan fingerprint density at radius 1 is 1.22 bits per heavy atom. The molecule has 2 nitrogen and oxygen atoms in total. The Morgan fingerprint density at radius 3 is 2.94 bits per heavy atom. The van der Waals surface area contributed by atoms with E-state index in [4.69, 9.17) is 0 Å². The van der Waals surface area contributed by atoms with Gasteiger partial charge in [-0.05, 0) is 55.2 Å². The number of piperidine rings is 1. The second-order valence-corrected chi connectivity index (χ2v) is 4.89. The van der Waals surface area contributed by atoms with Gasteiger partial charge < -0.3 is 5.32 Å². The third-order valence-corrected chi connectivity index (χ3v) is 3.70. The average Bonchev–Trinajstić information content (AvgIpc) is 2.63. The minimum atomic E-state index is 0.474. The lowest BCUT2D eigenvalue weighted by molar-refractivity contribution is 0.570. The highest BCUT2D eigenvalue weighted by atomic mass is 14.9. The number of allylic oxidation sites excluding steroid dienone is 4. The maximum atomic E-state index is 4.44. The van der Waals surface area contributed by atoms with Gasteiger partial charge in [0.1, 0.15) is 0 Å². The summed E-state index contributed by atoms with van der Waals surface area (Å²) in [7, 11) is 0. The third kappa shape index (κ3) is 2.16. The molecule has 1 aliphatic heterocycles. The zero-order chi connectivity index (χ0) is 12.4. The molecule has 2 heterocycles. The van der Waals surface area contributed by atoms with Crippen LogP contribution in [-0.2, 0) is 0 Å². The summed E-state index contributed by atoms with van der Waals surface area (Å²) in [6.07, 6.45) is 10.8. The van der Waals surface area contributed by atoms with E-state index in [2.05, 4.69) is 41.5 Å². The van der Waals surface area contributed by atoms with Gasteiger partial charge in [-0.15, -0.1) is 0 Å². The first-order chi connectivity index (χ1) is 8.84. The first-order valence-electron chi connectivity index (χ1n) is 6.59. The minimum absolute atomic E-state index is 0.474. The van der Waals surface area contributed by atoms with E-state index < -0.39 is 0 Å². The molecule has 1 fully saturated rings. The number of aromatic nitrogens is 1. The summed E-state index contributed by atoms with van der Waals surface area (Å²) in [6.45, 7) is 3.32. The standard InChI is InChI=1S/C16H18N2/c1-12-15-8-7-14(16-4-2-3-10-18-16)6-5-13(15)9-11-17-12/h2-6,8,10,12,17H,7,9,11H2,1H3. The van der Waals surface area contributed by atoms with Gasteiger partial charge in [0.2, 0.25) is 0 Å². The molecule has 1 atom stereocenters. The van der Waals surface area contributed by atoms with E-state index in [1.54, 1.807) is 0 Å². The molecule has 0 bridgehead atoms. The van der Waals surface area contributed by atoms with Crippen molar-refractivity contribution in [2.75, 3.05) is 6.54 Å². The van der Waals surface area contributed by atoms with E-state index in [0.29, 0.717) is 6.04 Å². The number of rotatable bonds is 1. The molecule has 1 aliphatic carbocycles. The van der Waals surface area contributed by atoms with Crippen LogP contribution < -0.4 is 5.32 Å². The fraction of sp³-hybridized carbons (Fsp3) is 0.312. The molecule has 0 aromatic carbocycles. The molecule has 2 heteroatoms. The van der Waals surface area contributed by atoms with Gasteiger partial charge in [0, 0.05) is 12.2 Å². The Morgan fingerprint density at radius 2 is 2.11 bits per heavy atom. The topological polar surface area (TPSA) is 24.9 Å². The Bertz CT molecular complexity index is 523. The molecule has 0 amide bonds. The van der Waals surface area contributed by atoms with Crippen LogP contribution in [-0.4, -0.2) is 17.6 Å². The quantitative estimate of drug-likeness (QED) is 0.813. The van der Waals surface area contributed by atoms with Crippen LogP contribution in [0.25, 0.3) is 5.57 Å². The summed E-state index contributed by atoms with van der Waals surface area (Å²) < 4.78 is 0. The molecular formula is C16H18N2. The largest absolute Gasteiger partial charge is 0.310 e. The molecule has 1 saturated heterocycles. The fourth-order valence-corrected chi connectivity index (χ4v) is 2.67. The van der Waals surface area contributed by atoms with Crippen molar-refractivity contribution in [3.63, 3.8) is 0 Å². The Labute approximate surface area is 108 Å². The molecule has 1 unspecified atom stereocenters. The molecule has 3 rings (SSSR count). The van der Waals surface area contributed by atoms with Gasteiger partial charge in [0.25, 0.3) is 0 Å².